The fourth-order valence-corrected chi connectivity index (χ4v) is 0.975. The molecule has 72 valence electrons. The maximum atomic E-state index is 11.3. The predicted octanol–water partition coefficient (Wildman–Crippen LogP) is 0.733. The Labute approximate surface area is 76.9 Å². The zero-order valence-electron chi connectivity index (χ0n) is 7.91. The van der Waals surface area contributed by atoms with E-state index in [-0.39, 0.29) is 12.3 Å². The van der Waals surface area contributed by atoms with Gasteiger partial charge in [0, 0.05) is 18.9 Å². The molecule has 0 amide bonds. The topological polar surface area (TPSA) is 57.2 Å². The summed E-state index contributed by atoms with van der Waals surface area (Å²) in [5.74, 6) is 0. The summed E-state index contributed by atoms with van der Waals surface area (Å²) < 4.78 is 6.55. The summed E-state index contributed by atoms with van der Waals surface area (Å²) in [5.41, 5.74) is 6.98. The molecule has 4 heteroatoms. The van der Waals surface area contributed by atoms with E-state index in [0.29, 0.717) is 12.3 Å². The zero-order valence-corrected chi connectivity index (χ0v) is 7.91. The maximum absolute atomic E-state index is 11.3. The summed E-state index contributed by atoms with van der Waals surface area (Å²) in [6, 6.07) is 1.51. The molecule has 0 fully saturated rings. The van der Waals surface area contributed by atoms with Gasteiger partial charge in [0.1, 0.15) is 6.73 Å². The molecule has 0 atom stereocenters. The Hall–Kier alpha value is -1.29. The quantitative estimate of drug-likeness (QED) is 0.749. The summed E-state index contributed by atoms with van der Waals surface area (Å²) in [4.78, 5) is 11.3. The number of nitrogen functional groups attached to an aromatic ring is 1. The van der Waals surface area contributed by atoms with Gasteiger partial charge in [-0.15, -0.1) is 0 Å². The standard InChI is InChI=1S/C9H14N2O2/c1-3-13-6-11-5-8(10)7(2)4-9(11)12/h4-5H,3,6,10H2,1-2H3. The first-order chi connectivity index (χ1) is 6.15. The molecule has 1 heterocycles. The highest BCUT2D eigenvalue weighted by molar-refractivity contribution is 5.42. The summed E-state index contributed by atoms with van der Waals surface area (Å²) in [5, 5.41) is 0. The van der Waals surface area contributed by atoms with Crippen molar-refractivity contribution in [1.29, 1.82) is 0 Å². The van der Waals surface area contributed by atoms with Crippen LogP contribution in [0.2, 0.25) is 0 Å². The van der Waals surface area contributed by atoms with E-state index in [1.165, 1.54) is 10.6 Å². The van der Waals surface area contributed by atoms with Gasteiger partial charge in [-0.2, -0.15) is 0 Å². The third-order valence-corrected chi connectivity index (χ3v) is 1.81. The number of nitrogens with two attached hydrogens (primary N) is 1. The summed E-state index contributed by atoms with van der Waals surface area (Å²) >= 11 is 0. The average Bonchev–Trinajstić information content (AvgIpc) is 2.09. The second-order valence-electron chi connectivity index (χ2n) is 2.84. The molecule has 0 aromatic carbocycles. The van der Waals surface area contributed by atoms with Gasteiger partial charge in [0.25, 0.3) is 5.56 Å². The molecule has 0 aliphatic rings. The zero-order chi connectivity index (χ0) is 9.84. The summed E-state index contributed by atoms with van der Waals surface area (Å²) in [6.45, 7) is 4.53. The number of aromatic nitrogens is 1. The normalized spacial score (nSPS) is 10.3. The van der Waals surface area contributed by atoms with Crippen molar-refractivity contribution in [3.8, 4) is 0 Å². The molecule has 0 saturated carbocycles. The smallest absolute Gasteiger partial charge is 0.252 e. The third kappa shape index (κ3) is 2.32. The lowest BCUT2D eigenvalue weighted by molar-refractivity contribution is 0.0855. The van der Waals surface area contributed by atoms with Gasteiger partial charge in [-0.1, -0.05) is 0 Å². The first-order valence-electron chi connectivity index (χ1n) is 4.19. The van der Waals surface area contributed by atoms with E-state index in [2.05, 4.69) is 0 Å². The van der Waals surface area contributed by atoms with Gasteiger partial charge in [-0.25, -0.2) is 0 Å². The minimum atomic E-state index is -0.0832. The van der Waals surface area contributed by atoms with Crippen molar-refractivity contribution in [2.24, 2.45) is 0 Å². The second-order valence-corrected chi connectivity index (χ2v) is 2.84. The number of rotatable bonds is 3. The molecule has 0 aliphatic carbocycles. The lowest BCUT2D eigenvalue weighted by Gasteiger charge is -2.07. The fourth-order valence-electron chi connectivity index (χ4n) is 0.975. The fraction of sp³-hybridized carbons (Fsp3) is 0.444. The molecule has 0 aliphatic heterocycles. The first kappa shape index (κ1) is 9.80. The Kier molecular flexibility index (Phi) is 3.08. The second kappa shape index (κ2) is 4.09. The van der Waals surface area contributed by atoms with Crippen LogP contribution in [0.5, 0.6) is 0 Å². The van der Waals surface area contributed by atoms with Crippen LogP contribution >= 0.6 is 0 Å². The Balaban J connectivity index is 2.95. The van der Waals surface area contributed by atoms with Crippen molar-refractivity contribution in [2.75, 3.05) is 12.3 Å². The number of anilines is 1. The van der Waals surface area contributed by atoms with Crippen molar-refractivity contribution in [3.05, 3.63) is 28.2 Å². The van der Waals surface area contributed by atoms with Crippen molar-refractivity contribution in [3.63, 3.8) is 0 Å². The number of aryl methyl sites for hydroxylation is 1. The Morgan fingerprint density at radius 1 is 1.62 bits per heavy atom. The van der Waals surface area contributed by atoms with E-state index in [9.17, 15) is 4.79 Å². The lowest BCUT2D eigenvalue weighted by Crippen LogP contribution is -2.21. The largest absolute Gasteiger partial charge is 0.397 e. The predicted molar refractivity (Wildman–Crippen MR) is 51.5 cm³/mol. The molecule has 1 aromatic rings. The van der Waals surface area contributed by atoms with Crippen LogP contribution in [0.3, 0.4) is 0 Å². The highest BCUT2D eigenvalue weighted by Crippen LogP contribution is 2.04. The summed E-state index contributed by atoms with van der Waals surface area (Å²) in [7, 11) is 0. The van der Waals surface area contributed by atoms with E-state index in [1.807, 2.05) is 13.8 Å². The van der Waals surface area contributed by atoms with Gasteiger partial charge in [0.15, 0.2) is 0 Å². The molecule has 1 aromatic heterocycles. The van der Waals surface area contributed by atoms with Crippen LogP contribution in [0.4, 0.5) is 5.69 Å². The molecular formula is C9H14N2O2. The number of hydrogen-bond donors (Lipinski definition) is 1. The minimum absolute atomic E-state index is 0.0832. The van der Waals surface area contributed by atoms with Gasteiger partial charge in [0.2, 0.25) is 0 Å². The Morgan fingerprint density at radius 2 is 2.31 bits per heavy atom. The van der Waals surface area contributed by atoms with Crippen molar-refractivity contribution < 1.29 is 4.74 Å². The third-order valence-electron chi connectivity index (χ3n) is 1.81. The van der Waals surface area contributed by atoms with Gasteiger partial charge in [-0.3, -0.25) is 9.36 Å². The van der Waals surface area contributed by atoms with Crippen LogP contribution in [0, 0.1) is 6.92 Å². The van der Waals surface area contributed by atoms with E-state index >= 15 is 0 Å². The van der Waals surface area contributed by atoms with Crippen molar-refractivity contribution in [2.45, 2.75) is 20.6 Å². The number of hydrogen-bond acceptors (Lipinski definition) is 3. The minimum Gasteiger partial charge on any atom is -0.397 e. The van der Waals surface area contributed by atoms with Crippen molar-refractivity contribution in [1.82, 2.24) is 4.57 Å². The van der Waals surface area contributed by atoms with Crippen molar-refractivity contribution >= 4 is 5.69 Å². The highest BCUT2D eigenvalue weighted by atomic mass is 16.5. The van der Waals surface area contributed by atoms with Gasteiger partial charge < -0.3 is 10.5 Å². The lowest BCUT2D eigenvalue weighted by atomic mass is 10.2. The molecule has 4 nitrogen and oxygen atoms in total. The number of ether oxygens (including phenoxy) is 1. The molecule has 0 radical (unpaired) electrons. The monoisotopic (exact) mass is 182 g/mol. The number of nitrogens with zero attached hydrogens (tertiary/aromatic N) is 1. The molecule has 0 saturated heterocycles. The Bertz CT molecular complexity index is 344. The van der Waals surface area contributed by atoms with E-state index < -0.39 is 0 Å². The van der Waals surface area contributed by atoms with Crippen LogP contribution in [0.1, 0.15) is 12.5 Å². The SMILES string of the molecule is CCOCn1cc(N)c(C)cc1=O. The first-order valence-corrected chi connectivity index (χ1v) is 4.19. The molecular weight excluding hydrogens is 168 g/mol. The van der Waals surface area contributed by atoms with Crippen LogP contribution in [0.15, 0.2) is 17.1 Å². The Morgan fingerprint density at radius 3 is 2.92 bits per heavy atom. The molecule has 13 heavy (non-hydrogen) atoms. The average molecular weight is 182 g/mol. The summed E-state index contributed by atoms with van der Waals surface area (Å²) in [6.07, 6.45) is 1.60. The van der Waals surface area contributed by atoms with E-state index in [4.69, 9.17) is 10.5 Å². The highest BCUT2D eigenvalue weighted by Gasteiger charge is 1.99. The number of pyridine rings is 1. The molecule has 2 N–H and O–H groups in total. The molecule has 0 bridgehead atoms. The molecule has 1 rings (SSSR count). The van der Waals surface area contributed by atoms with Gasteiger partial charge in [0.05, 0.1) is 5.69 Å². The van der Waals surface area contributed by atoms with E-state index in [0.717, 1.165) is 5.56 Å². The van der Waals surface area contributed by atoms with Crippen LogP contribution in [0.25, 0.3) is 0 Å². The van der Waals surface area contributed by atoms with Crippen LogP contribution in [-0.2, 0) is 11.5 Å². The maximum Gasteiger partial charge on any atom is 0.252 e. The van der Waals surface area contributed by atoms with Crippen LogP contribution < -0.4 is 11.3 Å². The van der Waals surface area contributed by atoms with Crippen LogP contribution in [-0.4, -0.2) is 11.2 Å². The molecule has 0 spiro atoms. The molecule has 0 unspecified atom stereocenters. The van der Waals surface area contributed by atoms with Gasteiger partial charge >= 0.3 is 0 Å². The van der Waals surface area contributed by atoms with Gasteiger partial charge in [-0.05, 0) is 19.4 Å². The van der Waals surface area contributed by atoms with E-state index in [1.54, 1.807) is 6.20 Å².